The van der Waals surface area contributed by atoms with Crippen LogP contribution in [0.15, 0.2) is 65.0 Å². The first kappa shape index (κ1) is 30.3. The lowest BCUT2D eigenvalue weighted by molar-refractivity contribution is 0.282. The van der Waals surface area contributed by atoms with Gasteiger partial charge in [-0.15, -0.1) is 11.3 Å². The van der Waals surface area contributed by atoms with Gasteiger partial charge >= 0.3 is 0 Å². The summed E-state index contributed by atoms with van der Waals surface area (Å²) in [5, 5.41) is 3.45. The summed E-state index contributed by atoms with van der Waals surface area (Å²) in [6, 6.07) is 18.2. The number of rotatable bonds is 12. The van der Waals surface area contributed by atoms with Crippen LogP contribution in [0.2, 0.25) is 10.0 Å². The van der Waals surface area contributed by atoms with E-state index in [1.54, 1.807) is 39.8 Å². The quantitative estimate of drug-likeness (QED) is 0.161. The van der Waals surface area contributed by atoms with E-state index in [1.807, 2.05) is 30.3 Å². The van der Waals surface area contributed by atoms with Gasteiger partial charge in [-0.3, -0.25) is 4.99 Å². The third kappa shape index (κ3) is 6.14. The average molecular weight is 628 g/mol. The van der Waals surface area contributed by atoms with Crippen molar-refractivity contribution in [1.82, 2.24) is 4.57 Å². The fourth-order valence-corrected chi connectivity index (χ4v) is 7.01. The van der Waals surface area contributed by atoms with Crippen LogP contribution in [-0.2, 0) is 24.8 Å². The molecule has 1 fully saturated rings. The Balaban J connectivity index is 1.48. The van der Waals surface area contributed by atoms with Gasteiger partial charge in [-0.25, -0.2) is 0 Å². The zero-order valence-electron chi connectivity index (χ0n) is 24.4. The molecule has 0 spiro atoms. The third-order valence-corrected chi connectivity index (χ3v) is 9.78. The molecule has 0 atom stereocenters. The number of hydrogen-bond donors (Lipinski definition) is 0. The van der Waals surface area contributed by atoms with Gasteiger partial charge < -0.3 is 23.5 Å². The molecule has 0 N–H and O–H groups in total. The first-order valence-electron chi connectivity index (χ1n) is 14.0. The zero-order chi connectivity index (χ0) is 29.7. The van der Waals surface area contributed by atoms with Crippen molar-refractivity contribution in [2.75, 3.05) is 35.0 Å². The van der Waals surface area contributed by atoms with Gasteiger partial charge in [0.2, 0.25) is 0 Å². The molecule has 0 bridgehead atoms. The largest absolute Gasteiger partial charge is 0.493 e. The zero-order valence-corrected chi connectivity index (χ0v) is 26.7. The molecule has 0 aliphatic heterocycles. The molecule has 1 heterocycles. The Labute approximate surface area is 261 Å². The van der Waals surface area contributed by atoms with Crippen LogP contribution >= 0.6 is 34.5 Å². The summed E-state index contributed by atoms with van der Waals surface area (Å²) >= 11 is 14.5. The maximum absolute atomic E-state index is 6.50. The summed E-state index contributed by atoms with van der Waals surface area (Å²) in [4.78, 5) is 6.12. The lowest BCUT2D eigenvalue weighted by atomic mass is 9.62. The summed E-state index contributed by atoms with van der Waals surface area (Å²) in [6.45, 7) is 1.44. The number of aromatic nitrogens is 1. The molecule has 0 unspecified atom stereocenters. The van der Waals surface area contributed by atoms with Gasteiger partial charge in [0.15, 0.2) is 27.8 Å². The number of halogens is 2. The maximum atomic E-state index is 6.50. The molecule has 3 aromatic carbocycles. The second-order valence-electron chi connectivity index (χ2n) is 10.4. The van der Waals surface area contributed by atoms with Crippen molar-refractivity contribution < 1.29 is 18.9 Å². The van der Waals surface area contributed by atoms with E-state index < -0.39 is 0 Å². The topological polar surface area (TPSA) is 54.2 Å². The Hall–Kier alpha value is -3.13. The van der Waals surface area contributed by atoms with E-state index in [4.69, 9.17) is 47.1 Å². The van der Waals surface area contributed by atoms with E-state index >= 15 is 0 Å². The molecule has 1 aliphatic carbocycles. The number of aryl methyl sites for hydroxylation is 1. The smallest absolute Gasteiger partial charge is 0.184 e. The molecule has 1 aromatic heterocycles. The average Bonchev–Trinajstić information content (AvgIpc) is 3.39. The van der Waals surface area contributed by atoms with Crippen LogP contribution in [0.25, 0.3) is 0 Å². The van der Waals surface area contributed by atoms with E-state index in [0.717, 1.165) is 72.0 Å². The van der Waals surface area contributed by atoms with Crippen LogP contribution in [0.1, 0.15) is 41.6 Å². The minimum Gasteiger partial charge on any atom is -0.493 e. The molecule has 5 rings (SSSR count). The molecule has 9 heteroatoms. The minimum atomic E-state index is -0.112. The number of hydrogen-bond acceptors (Lipinski definition) is 6. The summed E-state index contributed by atoms with van der Waals surface area (Å²) < 4.78 is 24.3. The van der Waals surface area contributed by atoms with E-state index in [9.17, 15) is 0 Å². The summed E-state index contributed by atoms with van der Waals surface area (Å²) in [5.74, 6) is 2.91. The molecule has 6 nitrogen and oxygen atoms in total. The molecular formula is C33H36Cl2N2O4S. The summed E-state index contributed by atoms with van der Waals surface area (Å²) in [5.41, 5.74) is 4.70. The van der Waals surface area contributed by atoms with Crippen LogP contribution < -0.4 is 23.7 Å². The molecule has 0 amide bonds. The highest BCUT2D eigenvalue weighted by Gasteiger charge is 2.43. The first-order chi connectivity index (χ1) is 20.4. The van der Waals surface area contributed by atoms with E-state index in [2.05, 4.69) is 34.2 Å². The van der Waals surface area contributed by atoms with Crippen molar-refractivity contribution in [3.63, 3.8) is 0 Å². The Morgan fingerprint density at radius 3 is 1.93 bits per heavy atom. The number of nitrogens with zero attached hydrogens (tertiary/aromatic N) is 2. The summed E-state index contributed by atoms with van der Waals surface area (Å²) in [6.07, 6.45) is 4.90. The van der Waals surface area contributed by atoms with Crippen molar-refractivity contribution in [1.29, 1.82) is 0 Å². The fourth-order valence-electron chi connectivity index (χ4n) is 5.66. The normalized spacial score (nSPS) is 14.4. The second kappa shape index (κ2) is 13.4. The first-order valence-corrected chi connectivity index (χ1v) is 15.6. The van der Waals surface area contributed by atoms with E-state index in [0.29, 0.717) is 16.6 Å². The van der Waals surface area contributed by atoms with E-state index in [-0.39, 0.29) is 5.41 Å². The number of benzene rings is 3. The monoisotopic (exact) mass is 626 g/mol. The van der Waals surface area contributed by atoms with Gasteiger partial charge in [0, 0.05) is 29.6 Å². The Morgan fingerprint density at radius 2 is 1.38 bits per heavy atom. The molecule has 1 aliphatic rings. The third-order valence-electron chi connectivity index (χ3n) is 8.13. The molecule has 0 saturated heterocycles. The Morgan fingerprint density at radius 1 is 0.762 bits per heavy atom. The van der Waals surface area contributed by atoms with Crippen LogP contribution in [0.3, 0.4) is 0 Å². The van der Waals surface area contributed by atoms with Crippen LogP contribution in [0.5, 0.6) is 23.0 Å². The van der Waals surface area contributed by atoms with Gasteiger partial charge in [-0.1, -0.05) is 47.8 Å². The number of ether oxygens (including phenoxy) is 4. The number of methoxy groups -OCH3 is 4. The van der Waals surface area contributed by atoms with Crippen molar-refractivity contribution in [3.8, 4) is 23.0 Å². The lowest BCUT2D eigenvalue weighted by Crippen LogP contribution is -2.39. The molecule has 42 heavy (non-hydrogen) atoms. The van der Waals surface area contributed by atoms with Gasteiger partial charge in [0.05, 0.1) is 38.5 Å². The molecule has 222 valence electrons. The molecule has 4 aromatic rings. The van der Waals surface area contributed by atoms with Crippen LogP contribution in [-0.4, -0.2) is 39.6 Å². The van der Waals surface area contributed by atoms with Crippen LogP contribution in [0, 0.1) is 0 Å². The number of thiazole rings is 1. The predicted octanol–water partition coefficient (Wildman–Crippen LogP) is 7.75. The molecule has 0 radical (unpaired) electrons. The second-order valence-corrected chi connectivity index (χ2v) is 12.0. The highest BCUT2D eigenvalue weighted by Crippen LogP contribution is 2.50. The highest BCUT2D eigenvalue weighted by atomic mass is 35.5. The van der Waals surface area contributed by atoms with Gasteiger partial charge in [0.1, 0.15) is 0 Å². The van der Waals surface area contributed by atoms with Gasteiger partial charge in [-0.2, -0.15) is 0 Å². The standard InChI is InChI=1S/C33H36Cl2N2O4S/c1-38-27-10-6-22(18-29(27)40-3)12-16-36-32-37(17-13-23-7-11-28(39-2)30(19-23)41-4)31(21-42-32)33(14-5-15-33)24-8-9-25(34)26(35)20-24/h6-11,18-21H,5,12-17H2,1-4H3/b36-32+. The van der Waals surface area contributed by atoms with E-state index in [1.165, 1.54) is 16.8 Å². The van der Waals surface area contributed by atoms with Crippen LogP contribution in [0.4, 0.5) is 0 Å². The molecular weight excluding hydrogens is 591 g/mol. The fraction of sp³-hybridized carbons (Fsp3) is 0.364. The maximum Gasteiger partial charge on any atom is 0.184 e. The van der Waals surface area contributed by atoms with Crippen molar-refractivity contribution in [3.05, 3.63) is 97.2 Å². The van der Waals surface area contributed by atoms with Gasteiger partial charge in [0.25, 0.3) is 0 Å². The van der Waals surface area contributed by atoms with Crippen molar-refractivity contribution in [2.45, 2.75) is 44.1 Å². The van der Waals surface area contributed by atoms with Crippen molar-refractivity contribution in [2.24, 2.45) is 4.99 Å². The Kier molecular flexibility index (Phi) is 9.71. The molecule has 1 saturated carbocycles. The predicted molar refractivity (Wildman–Crippen MR) is 170 cm³/mol. The SMILES string of the molecule is COc1ccc(CC/N=c2/scc(C3(c4ccc(Cl)c(Cl)c4)CCC3)n2CCc2ccc(OC)c(OC)c2)cc1OC. The van der Waals surface area contributed by atoms with Crippen molar-refractivity contribution >= 4 is 34.5 Å². The lowest BCUT2D eigenvalue weighted by Gasteiger charge is -2.43. The highest BCUT2D eigenvalue weighted by molar-refractivity contribution is 7.07. The Bertz CT molecular complexity index is 1610. The summed E-state index contributed by atoms with van der Waals surface area (Å²) in [7, 11) is 6.63. The minimum absolute atomic E-state index is 0.112. The van der Waals surface area contributed by atoms with Gasteiger partial charge in [-0.05, 0) is 78.8 Å².